The van der Waals surface area contributed by atoms with Crippen LogP contribution in [0.25, 0.3) is 0 Å². The summed E-state index contributed by atoms with van der Waals surface area (Å²) in [7, 11) is 1.24. The van der Waals surface area contributed by atoms with Crippen LogP contribution in [0, 0.1) is 6.08 Å². The Balaban J connectivity index is 2.71. The monoisotopic (exact) mass is 275 g/mol. The summed E-state index contributed by atoms with van der Waals surface area (Å²) in [5.74, 6) is -1.10. The van der Waals surface area contributed by atoms with Crippen molar-refractivity contribution in [3.63, 3.8) is 0 Å². The lowest BCUT2D eigenvalue weighted by Crippen LogP contribution is -2.17. The predicted molar refractivity (Wildman–Crippen MR) is 73.4 cm³/mol. The molecule has 6 heteroatoms. The van der Waals surface area contributed by atoms with E-state index < -0.39 is 11.9 Å². The van der Waals surface area contributed by atoms with Crippen LogP contribution in [0.15, 0.2) is 47.3 Å². The highest BCUT2D eigenvalue weighted by Gasteiger charge is 2.23. The molecule has 0 radical (unpaired) electrons. The quantitative estimate of drug-likeness (QED) is 0.187. The lowest BCUT2D eigenvalue weighted by molar-refractivity contribution is -0.138. The van der Waals surface area contributed by atoms with E-state index in [1.807, 2.05) is 0 Å². The van der Waals surface area contributed by atoms with Crippen LogP contribution in [0.3, 0.4) is 0 Å². The molecule has 1 aliphatic carbocycles. The smallest absolute Gasteiger partial charge is 0.399 e. The van der Waals surface area contributed by atoms with Gasteiger partial charge in [0.25, 0.3) is 0 Å². The fourth-order valence-electron chi connectivity index (χ4n) is 1.22. The molecule has 0 spiro atoms. The van der Waals surface area contributed by atoms with Crippen molar-refractivity contribution in [2.24, 2.45) is 5.10 Å². The SMILES string of the molecule is C=CCCOC(=O)C1=C(NN=CC(=O)OC)C=C[C+]=C1. The highest BCUT2D eigenvalue weighted by Crippen LogP contribution is 2.12. The van der Waals surface area contributed by atoms with Gasteiger partial charge in [0, 0.05) is 6.08 Å². The molecule has 20 heavy (non-hydrogen) atoms. The molecule has 1 aliphatic rings. The summed E-state index contributed by atoms with van der Waals surface area (Å²) in [4.78, 5) is 22.7. The van der Waals surface area contributed by atoms with Gasteiger partial charge >= 0.3 is 11.9 Å². The molecule has 0 aromatic rings. The molecular formula is C14H15N2O4+. The molecule has 0 atom stereocenters. The summed E-state index contributed by atoms with van der Waals surface area (Å²) < 4.78 is 9.44. The first-order chi connectivity index (χ1) is 9.69. The number of hydrogen-bond acceptors (Lipinski definition) is 6. The second-order valence-electron chi connectivity index (χ2n) is 3.58. The van der Waals surface area contributed by atoms with Gasteiger partial charge in [0.1, 0.15) is 18.4 Å². The topological polar surface area (TPSA) is 77.0 Å². The third kappa shape index (κ3) is 4.88. The molecule has 1 rings (SSSR count). The van der Waals surface area contributed by atoms with Crippen molar-refractivity contribution in [1.82, 2.24) is 5.43 Å². The summed E-state index contributed by atoms with van der Waals surface area (Å²) in [5, 5.41) is 3.66. The van der Waals surface area contributed by atoms with Crippen molar-refractivity contribution >= 4 is 18.2 Å². The lowest BCUT2D eigenvalue weighted by atomic mass is 10.1. The number of hydrogen-bond donors (Lipinski definition) is 1. The molecule has 0 aromatic carbocycles. The zero-order valence-electron chi connectivity index (χ0n) is 11.1. The Morgan fingerprint density at radius 1 is 1.55 bits per heavy atom. The lowest BCUT2D eigenvalue weighted by Gasteiger charge is -2.04. The number of nitrogens with one attached hydrogen (secondary N) is 1. The van der Waals surface area contributed by atoms with Gasteiger partial charge < -0.3 is 9.47 Å². The van der Waals surface area contributed by atoms with Crippen molar-refractivity contribution < 1.29 is 19.1 Å². The second-order valence-corrected chi connectivity index (χ2v) is 3.58. The van der Waals surface area contributed by atoms with E-state index in [4.69, 9.17) is 4.74 Å². The van der Waals surface area contributed by atoms with E-state index in [2.05, 4.69) is 27.9 Å². The fourth-order valence-corrected chi connectivity index (χ4v) is 1.22. The zero-order chi connectivity index (χ0) is 14.8. The van der Waals surface area contributed by atoms with E-state index in [-0.39, 0.29) is 12.2 Å². The molecule has 0 unspecified atom stereocenters. The van der Waals surface area contributed by atoms with Gasteiger partial charge in [-0.25, -0.2) is 9.59 Å². The van der Waals surface area contributed by atoms with Crippen molar-refractivity contribution in [1.29, 1.82) is 0 Å². The van der Waals surface area contributed by atoms with Crippen LogP contribution < -0.4 is 5.43 Å². The number of carbonyl (C=O) groups excluding carboxylic acids is 2. The zero-order valence-corrected chi connectivity index (χ0v) is 11.1. The molecule has 1 N–H and O–H groups in total. The Bertz CT molecular complexity index is 501. The minimum Gasteiger partial charge on any atom is -0.465 e. The van der Waals surface area contributed by atoms with Gasteiger partial charge in [0.05, 0.1) is 19.8 Å². The number of nitrogens with zero attached hydrogens (tertiary/aromatic N) is 1. The van der Waals surface area contributed by atoms with Crippen molar-refractivity contribution in [3.8, 4) is 0 Å². The molecule has 0 bridgehead atoms. The van der Waals surface area contributed by atoms with E-state index in [0.717, 1.165) is 6.21 Å². The van der Waals surface area contributed by atoms with E-state index in [0.29, 0.717) is 12.1 Å². The number of allylic oxidation sites excluding steroid dienone is 3. The van der Waals surface area contributed by atoms with Gasteiger partial charge in [-0.1, -0.05) is 6.08 Å². The van der Waals surface area contributed by atoms with Crippen LogP contribution in [0.5, 0.6) is 0 Å². The van der Waals surface area contributed by atoms with E-state index in [9.17, 15) is 9.59 Å². The third-order valence-corrected chi connectivity index (χ3v) is 2.20. The normalized spacial score (nSPS) is 13.1. The number of methoxy groups -OCH3 is 1. The first kappa shape index (κ1) is 15.3. The van der Waals surface area contributed by atoms with Gasteiger partial charge in [-0.2, -0.15) is 5.10 Å². The van der Waals surface area contributed by atoms with Gasteiger partial charge in [-0.15, -0.1) is 6.58 Å². The van der Waals surface area contributed by atoms with Gasteiger partial charge in [0.15, 0.2) is 11.3 Å². The second kappa shape index (κ2) is 8.39. The van der Waals surface area contributed by atoms with Crippen LogP contribution in [-0.2, 0) is 19.1 Å². The molecule has 0 fully saturated rings. The van der Waals surface area contributed by atoms with Crippen LogP contribution >= 0.6 is 0 Å². The van der Waals surface area contributed by atoms with E-state index in [1.54, 1.807) is 18.2 Å². The summed E-state index contributed by atoms with van der Waals surface area (Å²) in [5.41, 5.74) is 3.26. The van der Waals surface area contributed by atoms with Crippen molar-refractivity contribution in [2.45, 2.75) is 6.42 Å². The summed E-state index contributed by atoms with van der Waals surface area (Å²) >= 11 is 0. The Labute approximate surface area is 117 Å². The van der Waals surface area contributed by atoms with Gasteiger partial charge in [-0.05, 0) is 6.42 Å². The van der Waals surface area contributed by atoms with Crippen LogP contribution in [0.1, 0.15) is 6.42 Å². The molecule has 104 valence electrons. The molecule has 0 aliphatic heterocycles. The highest BCUT2D eigenvalue weighted by molar-refractivity contribution is 6.23. The highest BCUT2D eigenvalue weighted by atomic mass is 16.5. The number of carbonyl (C=O) groups is 2. The summed E-state index contributed by atoms with van der Waals surface area (Å²) in [6, 6.07) is 0. The first-order valence-corrected chi connectivity index (χ1v) is 5.84. The van der Waals surface area contributed by atoms with E-state index >= 15 is 0 Å². The predicted octanol–water partition coefficient (Wildman–Crippen LogP) is 1.04. The van der Waals surface area contributed by atoms with E-state index in [1.165, 1.54) is 13.2 Å². The molecular weight excluding hydrogens is 260 g/mol. The maximum Gasteiger partial charge on any atom is 0.399 e. The molecule has 0 heterocycles. The minimum absolute atomic E-state index is 0.252. The molecule has 0 amide bonds. The fraction of sp³-hybridized carbons (Fsp3) is 0.214. The maximum absolute atomic E-state index is 11.8. The van der Waals surface area contributed by atoms with Crippen molar-refractivity contribution in [2.75, 3.05) is 13.7 Å². The van der Waals surface area contributed by atoms with Crippen LogP contribution in [-0.4, -0.2) is 31.9 Å². The number of ether oxygens (including phenoxy) is 2. The number of rotatable bonds is 7. The number of esters is 2. The first-order valence-electron chi connectivity index (χ1n) is 5.84. The summed E-state index contributed by atoms with van der Waals surface area (Å²) in [6.45, 7) is 3.79. The Hall–Kier alpha value is -2.72. The largest absolute Gasteiger partial charge is 0.465 e. The van der Waals surface area contributed by atoms with Gasteiger partial charge in [-0.3, -0.25) is 5.43 Å². The van der Waals surface area contributed by atoms with Crippen molar-refractivity contribution in [3.05, 3.63) is 48.2 Å². The Kier molecular flexibility index (Phi) is 6.44. The standard InChI is InChI=1S/C14H14N2O4/c1-3-4-9-20-14(18)11-7-5-6-8-12(11)16-15-10-13(17)19-2/h3,6-8,10H,1,4,9H2,2H3/p+1. The summed E-state index contributed by atoms with van der Waals surface area (Å²) in [6.07, 6.45) is 10.7. The molecule has 0 saturated heterocycles. The van der Waals surface area contributed by atoms with Crippen LogP contribution in [0.2, 0.25) is 0 Å². The van der Waals surface area contributed by atoms with Gasteiger partial charge in [0.2, 0.25) is 0 Å². The average molecular weight is 275 g/mol. The number of hydrazone groups is 1. The molecule has 0 aromatic heterocycles. The Morgan fingerprint density at radius 3 is 3.05 bits per heavy atom. The molecule has 0 saturated carbocycles. The molecule has 6 nitrogen and oxygen atoms in total. The Morgan fingerprint density at radius 2 is 2.35 bits per heavy atom. The third-order valence-electron chi connectivity index (χ3n) is 2.20. The van der Waals surface area contributed by atoms with Crippen LogP contribution in [0.4, 0.5) is 0 Å². The maximum atomic E-state index is 11.8. The average Bonchev–Trinajstić information content (AvgIpc) is 2.47. The minimum atomic E-state index is -0.602.